The summed E-state index contributed by atoms with van der Waals surface area (Å²) in [6.45, 7) is 0.316. The van der Waals surface area contributed by atoms with Gasteiger partial charge in [0.2, 0.25) is 0 Å². The number of carbonyl (C=O) groups is 2. The molecule has 0 saturated carbocycles. The molecular formula is C24H21N7O3. The first kappa shape index (κ1) is 22.3. The fourth-order valence-corrected chi connectivity index (χ4v) is 3.32. The monoisotopic (exact) mass is 455 g/mol. The highest BCUT2D eigenvalue weighted by atomic mass is 16.4. The first-order valence-corrected chi connectivity index (χ1v) is 10.4. The molecule has 5 N–H and O–H groups in total. The van der Waals surface area contributed by atoms with E-state index in [0.29, 0.717) is 24.3 Å². The zero-order valence-corrected chi connectivity index (χ0v) is 18.0. The summed E-state index contributed by atoms with van der Waals surface area (Å²) in [5.41, 5.74) is 10.3. The van der Waals surface area contributed by atoms with Crippen molar-refractivity contribution in [1.82, 2.24) is 25.3 Å². The molecule has 3 heterocycles. The average Bonchev–Trinajstić information content (AvgIpc) is 2.85. The Bertz CT molecular complexity index is 1310. The van der Waals surface area contributed by atoms with E-state index in [4.69, 9.17) is 10.8 Å². The molecule has 0 saturated heterocycles. The van der Waals surface area contributed by atoms with Crippen molar-refractivity contribution < 1.29 is 14.7 Å². The Hall–Kier alpha value is -4.86. The van der Waals surface area contributed by atoms with Crippen molar-refractivity contribution in [2.75, 3.05) is 17.6 Å². The van der Waals surface area contributed by atoms with Gasteiger partial charge in [0.15, 0.2) is 11.5 Å². The van der Waals surface area contributed by atoms with Gasteiger partial charge in [0, 0.05) is 36.3 Å². The minimum absolute atomic E-state index is 0.00299. The van der Waals surface area contributed by atoms with Gasteiger partial charge in [-0.25, -0.2) is 14.8 Å². The van der Waals surface area contributed by atoms with E-state index < -0.39 is 12.0 Å². The van der Waals surface area contributed by atoms with Gasteiger partial charge in [-0.05, 0) is 35.7 Å². The van der Waals surface area contributed by atoms with Gasteiger partial charge in [-0.1, -0.05) is 24.3 Å². The Morgan fingerprint density at radius 3 is 2.38 bits per heavy atom. The van der Waals surface area contributed by atoms with Crippen LogP contribution in [-0.2, 0) is 6.42 Å². The number of amides is 2. The van der Waals surface area contributed by atoms with E-state index in [2.05, 4.69) is 30.6 Å². The smallest absolute Gasteiger partial charge is 0.404 e. The van der Waals surface area contributed by atoms with E-state index in [1.165, 1.54) is 6.20 Å². The second-order valence-corrected chi connectivity index (χ2v) is 7.28. The summed E-state index contributed by atoms with van der Waals surface area (Å²) in [4.78, 5) is 40.3. The summed E-state index contributed by atoms with van der Waals surface area (Å²) in [5.74, 6) is -0.501. The predicted octanol–water partition coefficient (Wildman–Crippen LogP) is 3.25. The van der Waals surface area contributed by atoms with Crippen LogP contribution in [0.5, 0.6) is 0 Å². The molecule has 3 aromatic heterocycles. The van der Waals surface area contributed by atoms with E-state index in [9.17, 15) is 9.59 Å². The van der Waals surface area contributed by atoms with Crippen molar-refractivity contribution in [3.8, 4) is 22.4 Å². The minimum Gasteiger partial charge on any atom is -0.465 e. The predicted molar refractivity (Wildman–Crippen MR) is 127 cm³/mol. The molecule has 34 heavy (non-hydrogen) atoms. The second kappa shape index (κ2) is 10.2. The van der Waals surface area contributed by atoms with Gasteiger partial charge in [-0.2, -0.15) is 0 Å². The largest absolute Gasteiger partial charge is 0.465 e. The highest BCUT2D eigenvalue weighted by molar-refractivity contribution is 6.07. The molecule has 0 aliphatic rings. The van der Waals surface area contributed by atoms with Crippen LogP contribution in [0.4, 0.5) is 16.3 Å². The van der Waals surface area contributed by atoms with Gasteiger partial charge in [0.25, 0.3) is 5.91 Å². The van der Waals surface area contributed by atoms with Crippen LogP contribution in [0.3, 0.4) is 0 Å². The zero-order chi connectivity index (χ0) is 23.9. The van der Waals surface area contributed by atoms with Gasteiger partial charge < -0.3 is 21.5 Å². The average molecular weight is 455 g/mol. The van der Waals surface area contributed by atoms with Gasteiger partial charge in [-0.15, -0.1) is 0 Å². The number of aromatic nitrogens is 4. The number of anilines is 2. The lowest BCUT2D eigenvalue weighted by atomic mass is 10.1. The Labute approximate surface area is 194 Å². The third kappa shape index (κ3) is 5.30. The van der Waals surface area contributed by atoms with E-state index in [0.717, 1.165) is 22.3 Å². The molecule has 0 atom stereocenters. The highest BCUT2D eigenvalue weighted by Gasteiger charge is 2.17. The third-order valence-electron chi connectivity index (χ3n) is 5.02. The molecule has 2 amide bonds. The number of nitrogens with two attached hydrogens (primary N) is 1. The number of nitrogens with zero attached hydrogens (tertiary/aromatic N) is 4. The molecule has 0 radical (unpaired) electrons. The number of nitrogen functional groups attached to an aromatic ring is 1. The summed E-state index contributed by atoms with van der Waals surface area (Å²) in [7, 11) is 0. The Morgan fingerprint density at radius 2 is 1.65 bits per heavy atom. The highest BCUT2D eigenvalue weighted by Crippen LogP contribution is 2.27. The van der Waals surface area contributed by atoms with Gasteiger partial charge in [0.05, 0.1) is 23.8 Å². The fourth-order valence-electron chi connectivity index (χ4n) is 3.32. The SMILES string of the molecule is Nc1ncc(-c2ccc(CCNC(=O)O)cc2)nc1C(=O)Nc1cnccc1-c1ccncc1. The maximum Gasteiger partial charge on any atom is 0.404 e. The molecule has 0 aliphatic heterocycles. The molecule has 0 unspecified atom stereocenters. The molecule has 0 spiro atoms. The summed E-state index contributed by atoms with van der Waals surface area (Å²) < 4.78 is 0. The van der Waals surface area contributed by atoms with E-state index >= 15 is 0 Å². The van der Waals surface area contributed by atoms with Crippen molar-refractivity contribution >= 4 is 23.5 Å². The molecule has 0 fully saturated rings. The van der Waals surface area contributed by atoms with Crippen LogP contribution in [0.2, 0.25) is 0 Å². The first-order chi connectivity index (χ1) is 16.5. The summed E-state index contributed by atoms with van der Waals surface area (Å²) >= 11 is 0. The molecule has 4 aromatic rings. The standard InChI is InChI=1S/C24H21N7O3/c25-22-21(23(32)31-20-13-27-11-8-18(20)16-6-9-26-10-7-16)30-19(14-29-22)17-3-1-15(2-4-17)5-12-28-24(33)34/h1-4,6-11,13-14,28H,5,12H2,(H2,25,29)(H,31,32)(H,33,34). The van der Waals surface area contributed by atoms with Gasteiger partial charge in [0.1, 0.15) is 0 Å². The lowest BCUT2D eigenvalue weighted by Gasteiger charge is -2.12. The normalized spacial score (nSPS) is 10.5. The Kier molecular flexibility index (Phi) is 6.68. The number of benzene rings is 1. The molecule has 0 bridgehead atoms. The third-order valence-corrected chi connectivity index (χ3v) is 5.02. The molecule has 4 rings (SSSR count). The van der Waals surface area contributed by atoms with Crippen molar-refractivity contribution in [2.24, 2.45) is 0 Å². The van der Waals surface area contributed by atoms with Crippen molar-refractivity contribution in [1.29, 1.82) is 0 Å². The van der Waals surface area contributed by atoms with E-state index in [1.54, 1.807) is 30.9 Å². The number of carbonyl (C=O) groups excluding carboxylic acids is 1. The van der Waals surface area contributed by atoms with Crippen molar-refractivity contribution in [3.05, 3.63) is 84.7 Å². The van der Waals surface area contributed by atoms with Crippen LogP contribution in [-0.4, -0.2) is 43.6 Å². The second-order valence-electron chi connectivity index (χ2n) is 7.28. The van der Waals surface area contributed by atoms with Gasteiger partial charge in [-0.3, -0.25) is 14.8 Å². The number of nitrogens with one attached hydrogen (secondary N) is 2. The Morgan fingerprint density at radius 1 is 0.912 bits per heavy atom. The molecule has 0 aliphatic carbocycles. The van der Waals surface area contributed by atoms with E-state index in [1.807, 2.05) is 36.4 Å². The zero-order valence-electron chi connectivity index (χ0n) is 18.0. The maximum atomic E-state index is 13.0. The fraction of sp³-hybridized carbons (Fsp3) is 0.0833. The summed E-state index contributed by atoms with van der Waals surface area (Å²) in [6.07, 6.45) is 7.53. The molecule has 10 heteroatoms. The lowest BCUT2D eigenvalue weighted by Crippen LogP contribution is -2.23. The van der Waals surface area contributed by atoms with Crippen LogP contribution in [0.15, 0.2) is 73.4 Å². The number of rotatable bonds is 7. The van der Waals surface area contributed by atoms with Crippen LogP contribution in [0.25, 0.3) is 22.4 Å². The molecule has 170 valence electrons. The topological polar surface area (TPSA) is 156 Å². The number of pyridine rings is 2. The van der Waals surface area contributed by atoms with Crippen molar-refractivity contribution in [3.63, 3.8) is 0 Å². The van der Waals surface area contributed by atoms with Crippen LogP contribution in [0.1, 0.15) is 16.1 Å². The van der Waals surface area contributed by atoms with Gasteiger partial charge >= 0.3 is 6.09 Å². The van der Waals surface area contributed by atoms with Crippen molar-refractivity contribution in [2.45, 2.75) is 6.42 Å². The first-order valence-electron chi connectivity index (χ1n) is 10.4. The summed E-state index contributed by atoms with van der Waals surface area (Å²) in [5, 5.41) is 13.8. The molecule has 10 nitrogen and oxygen atoms in total. The van der Waals surface area contributed by atoms with E-state index in [-0.39, 0.29) is 11.5 Å². The molecule has 1 aromatic carbocycles. The number of hydrogen-bond donors (Lipinski definition) is 4. The van der Waals surface area contributed by atoms with Crippen LogP contribution < -0.4 is 16.4 Å². The van der Waals surface area contributed by atoms with Crippen LogP contribution >= 0.6 is 0 Å². The summed E-state index contributed by atoms with van der Waals surface area (Å²) in [6, 6.07) is 12.9. The number of hydrogen-bond acceptors (Lipinski definition) is 7. The Balaban J connectivity index is 1.54. The quantitative estimate of drug-likeness (QED) is 0.331. The lowest BCUT2D eigenvalue weighted by molar-refractivity contribution is 0.102. The van der Waals surface area contributed by atoms with Crippen LogP contribution in [0, 0.1) is 0 Å². The number of carboxylic acid groups (broad SMARTS) is 1. The minimum atomic E-state index is -1.06. The maximum absolute atomic E-state index is 13.0. The molecular weight excluding hydrogens is 434 g/mol.